The molecular weight excluding hydrogens is 372 g/mol. The van der Waals surface area contributed by atoms with Gasteiger partial charge < -0.3 is 4.43 Å². The zero-order valence-corrected chi connectivity index (χ0v) is 20.4. The van der Waals surface area contributed by atoms with Crippen LogP contribution in [-0.4, -0.2) is 14.1 Å². The van der Waals surface area contributed by atoms with Crippen LogP contribution in [0.5, 0.6) is 5.75 Å². The maximum absolute atomic E-state index is 12.4. The molecule has 4 atom stereocenters. The van der Waals surface area contributed by atoms with Gasteiger partial charge in [-0.3, -0.25) is 4.79 Å². The third-order valence-corrected chi connectivity index (χ3v) is 12.4. The molecule has 0 heterocycles. The number of Topliss-reactive ketones (excluding diaryl/α,β-unsaturated/α-hetero) is 1. The molecule has 0 spiro atoms. The van der Waals surface area contributed by atoms with Crippen LogP contribution in [-0.2, 0) is 4.79 Å². The van der Waals surface area contributed by atoms with Crippen LogP contribution in [0.1, 0.15) is 72.3 Å². The number of fused-ring (bicyclic) bond motifs is 1. The van der Waals surface area contributed by atoms with Gasteiger partial charge in [-0.05, 0) is 73.3 Å². The van der Waals surface area contributed by atoms with E-state index in [-0.39, 0.29) is 16.4 Å². The molecule has 0 aromatic heterocycles. The normalized spacial score (nSPS) is 28.3. The zero-order valence-electron chi connectivity index (χ0n) is 19.4. The molecule has 29 heavy (non-hydrogen) atoms. The number of hydrogen-bond acceptors (Lipinski definition) is 2. The van der Waals surface area contributed by atoms with Gasteiger partial charge in [-0.25, -0.2) is 0 Å². The van der Waals surface area contributed by atoms with Crippen LogP contribution in [0.4, 0.5) is 0 Å². The number of hydrogen-bond donors (Lipinski definition) is 0. The summed E-state index contributed by atoms with van der Waals surface area (Å²) in [6.07, 6.45) is 5.21. The molecular formula is C26H38O2Si. The van der Waals surface area contributed by atoms with Gasteiger partial charge in [0.15, 0.2) is 0 Å². The molecule has 3 rings (SSSR count). The average Bonchev–Trinajstić information content (AvgIpc) is 2.97. The van der Waals surface area contributed by atoms with Gasteiger partial charge in [0.05, 0.1) is 0 Å². The minimum Gasteiger partial charge on any atom is -0.543 e. The second kappa shape index (κ2) is 7.95. The van der Waals surface area contributed by atoms with Gasteiger partial charge in [-0.1, -0.05) is 52.5 Å². The van der Waals surface area contributed by atoms with Crippen molar-refractivity contribution in [2.75, 3.05) is 0 Å². The first kappa shape index (κ1) is 22.2. The number of benzene rings is 1. The third-order valence-electron chi connectivity index (χ3n) is 8.00. The molecule has 2 unspecified atom stereocenters. The molecule has 0 N–H and O–H groups in total. The lowest BCUT2D eigenvalue weighted by atomic mass is 9.62. The summed E-state index contributed by atoms with van der Waals surface area (Å²) in [5, 5.41) is 0.176. The Morgan fingerprint density at radius 1 is 1.24 bits per heavy atom. The molecule has 0 amide bonds. The molecule has 2 aliphatic rings. The van der Waals surface area contributed by atoms with Gasteiger partial charge in [0.1, 0.15) is 11.5 Å². The van der Waals surface area contributed by atoms with Crippen molar-refractivity contribution in [1.29, 1.82) is 0 Å². The van der Waals surface area contributed by atoms with Crippen LogP contribution in [0.3, 0.4) is 0 Å². The second-order valence-corrected chi connectivity index (χ2v) is 15.7. The molecule has 0 saturated heterocycles. The second-order valence-electron chi connectivity index (χ2n) is 11.0. The molecule has 2 nitrogen and oxygen atoms in total. The van der Waals surface area contributed by atoms with Gasteiger partial charge in [0.2, 0.25) is 8.32 Å². The van der Waals surface area contributed by atoms with Crippen LogP contribution in [0, 0.1) is 35.0 Å². The van der Waals surface area contributed by atoms with E-state index in [1.807, 2.05) is 12.1 Å². The predicted octanol–water partition coefficient (Wildman–Crippen LogP) is 6.84. The Morgan fingerprint density at radius 2 is 1.97 bits per heavy atom. The summed E-state index contributed by atoms with van der Waals surface area (Å²) in [5.41, 5.74) is 1.17. The Labute approximate surface area is 178 Å². The van der Waals surface area contributed by atoms with E-state index in [1.165, 1.54) is 6.42 Å². The Hall–Kier alpha value is -1.53. The van der Waals surface area contributed by atoms with Gasteiger partial charge in [-0.2, -0.15) is 0 Å². The number of carbonyl (C=O) groups is 1. The maximum Gasteiger partial charge on any atom is 0.250 e. The van der Waals surface area contributed by atoms with Crippen molar-refractivity contribution in [3.05, 3.63) is 29.8 Å². The lowest BCUT2D eigenvalue weighted by molar-refractivity contribution is -0.129. The summed E-state index contributed by atoms with van der Waals surface area (Å²) in [5.74, 6) is 9.47. The first-order chi connectivity index (χ1) is 13.4. The minimum absolute atomic E-state index is 0.150. The molecule has 0 aliphatic heterocycles. The highest BCUT2D eigenvalue weighted by atomic mass is 28.4. The monoisotopic (exact) mass is 410 g/mol. The van der Waals surface area contributed by atoms with Gasteiger partial charge >= 0.3 is 0 Å². The lowest BCUT2D eigenvalue weighted by Crippen LogP contribution is -2.43. The largest absolute Gasteiger partial charge is 0.543 e. The van der Waals surface area contributed by atoms with Gasteiger partial charge in [0, 0.05) is 23.8 Å². The fourth-order valence-corrected chi connectivity index (χ4v) is 6.20. The van der Waals surface area contributed by atoms with Gasteiger partial charge in [0.25, 0.3) is 0 Å². The minimum atomic E-state index is -1.85. The molecule has 0 radical (unpaired) electrons. The molecule has 2 aliphatic carbocycles. The van der Waals surface area contributed by atoms with E-state index < -0.39 is 8.32 Å². The number of rotatable bonds is 3. The van der Waals surface area contributed by atoms with E-state index in [9.17, 15) is 4.79 Å². The topological polar surface area (TPSA) is 26.3 Å². The Balaban J connectivity index is 1.74. The Bertz CT molecular complexity index is 823. The van der Waals surface area contributed by atoms with E-state index in [0.29, 0.717) is 17.6 Å². The smallest absolute Gasteiger partial charge is 0.250 e. The van der Waals surface area contributed by atoms with Crippen molar-refractivity contribution in [3.63, 3.8) is 0 Å². The number of carbonyl (C=O) groups excluding carboxylic acids is 1. The van der Waals surface area contributed by atoms with Crippen molar-refractivity contribution < 1.29 is 9.22 Å². The molecule has 1 aromatic rings. The molecule has 2 fully saturated rings. The van der Waals surface area contributed by atoms with Crippen molar-refractivity contribution in [2.24, 2.45) is 23.2 Å². The standard InChI is InChI=1S/C26H38O2Si/c1-19(22-15-16-23-24(27)12-9-17-26(22,23)5)13-14-20-10-8-11-21(18-20)28-29(6,7)25(2,3)4/h8,10-11,18-19,22-23H,9,12,15-17H2,1-7H3/t19-,22?,23?,26-/m1/s1. The third kappa shape index (κ3) is 4.48. The van der Waals surface area contributed by atoms with Crippen molar-refractivity contribution in [1.82, 2.24) is 0 Å². The molecule has 1 aromatic carbocycles. The molecule has 2 saturated carbocycles. The van der Waals surface area contributed by atoms with Crippen LogP contribution >= 0.6 is 0 Å². The van der Waals surface area contributed by atoms with Crippen molar-refractivity contribution >= 4 is 14.1 Å². The van der Waals surface area contributed by atoms with Crippen molar-refractivity contribution in [3.8, 4) is 17.6 Å². The Kier molecular flexibility index (Phi) is 6.07. The highest BCUT2D eigenvalue weighted by molar-refractivity contribution is 6.74. The number of ketones is 1. The first-order valence-corrected chi connectivity index (χ1v) is 14.2. The van der Waals surface area contributed by atoms with Crippen molar-refractivity contribution in [2.45, 2.75) is 84.9 Å². The molecule has 3 heteroatoms. The summed E-state index contributed by atoms with van der Waals surface area (Å²) in [6.45, 7) is 15.9. The fraction of sp³-hybridized carbons (Fsp3) is 0.654. The van der Waals surface area contributed by atoms with Crippen LogP contribution in [0.2, 0.25) is 18.1 Å². The molecule has 0 bridgehead atoms. The molecule has 158 valence electrons. The van der Waals surface area contributed by atoms with E-state index in [1.54, 1.807) is 0 Å². The quantitative estimate of drug-likeness (QED) is 0.402. The Morgan fingerprint density at radius 3 is 2.66 bits per heavy atom. The summed E-state index contributed by atoms with van der Waals surface area (Å²) in [7, 11) is -1.85. The first-order valence-electron chi connectivity index (χ1n) is 11.3. The van der Waals surface area contributed by atoms with Crippen LogP contribution in [0.15, 0.2) is 24.3 Å². The van der Waals surface area contributed by atoms with Gasteiger partial charge in [-0.15, -0.1) is 0 Å². The van der Waals surface area contributed by atoms with Crippen LogP contribution < -0.4 is 4.43 Å². The predicted molar refractivity (Wildman–Crippen MR) is 123 cm³/mol. The highest BCUT2D eigenvalue weighted by Gasteiger charge is 2.52. The summed E-state index contributed by atoms with van der Waals surface area (Å²) >= 11 is 0. The average molecular weight is 411 g/mol. The van der Waals surface area contributed by atoms with E-state index in [0.717, 1.165) is 37.0 Å². The maximum atomic E-state index is 12.4. The van der Waals surface area contributed by atoms with Crippen LogP contribution in [0.25, 0.3) is 0 Å². The zero-order chi connectivity index (χ0) is 21.4. The van der Waals surface area contributed by atoms with E-state index >= 15 is 0 Å². The SMILES string of the molecule is C[C@H](C#Cc1cccc(O[Si](C)(C)C(C)(C)C)c1)C1CCC2C(=O)CCC[C@@]21C. The lowest BCUT2D eigenvalue weighted by Gasteiger charge is -2.41. The summed E-state index contributed by atoms with van der Waals surface area (Å²) in [6, 6.07) is 8.25. The van der Waals surface area contributed by atoms with E-state index in [4.69, 9.17) is 4.43 Å². The highest BCUT2D eigenvalue weighted by Crippen LogP contribution is 2.56. The van der Waals surface area contributed by atoms with E-state index in [2.05, 4.69) is 71.7 Å². The summed E-state index contributed by atoms with van der Waals surface area (Å²) in [4.78, 5) is 12.4. The fourth-order valence-electron chi connectivity index (χ4n) is 5.17. The summed E-state index contributed by atoms with van der Waals surface area (Å²) < 4.78 is 6.45.